The number of nitrogens with zero attached hydrogens (tertiary/aromatic N) is 2. The average molecular weight is 448 g/mol. The molecule has 3 N–H and O–H groups in total. The van der Waals surface area contributed by atoms with Gasteiger partial charge in [-0.15, -0.1) is 11.3 Å². The van der Waals surface area contributed by atoms with Gasteiger partial charge in [0.1, 0.15) is 6.54 Å². The Bertz CT molecular complexity index is 1080. The van der Waals surface area contributed by atoms with E-state index in [1.54, 1.807) is 22.8 Å². The molecule has 1 aromatic carbocycles. The minimum atomic E-state index is -0.488. The van der Waals surface area contributed by atoms with E-state index in [0.717, 1.165) is 11.3 Å². The molecule has 9 nitrogen and oxygen atoms in total. The molecule has 3 aromatic rings. The summed E-state index contributed by atoms with van der Waals surface area (Å²) in [6.45, 7) is 2.44. The van der Waals surface area contributed by atoms with Crippen LogP contribution in [0.25, 0.3) is 10.7 Å². The van der Waals surface area contributed by atoms with Crippen molar-refractivity contribution in [3.8, 4) is 22.2 Å². The third-order valence-electron chi connectivity index (χ3n) is 4.00. The third kappa shape index (κ3) is 5.05. The molecule has 30 heavy (non-hydrogen) atoms. The van der Waals surface area contributed by atoms with E-state index in [-0.39, 0.29) is 6.54 Å². The van der Waals surface area contributed by atoms with Gasteiger partial charge in [0.25, 0.3) is 11.8 Å². The van der Waals surface area contributed by atoms with Crippen molar-refractivity contribution in [2.24, 2.45) is 0 Å². The summed E-state index contributed by atoms with van der Waals surface area (Å²) in [4.78, 5) is 25.6. The van der Waals surface area contributed by atoms with Crippen molar-refractivity contribution in [2.45, 2.75) is 19.9 Å². The maximum Gasteiger partial charge on any atom is 0.269 e. The lowest BCUT2D eigenvalue weighted by Crippen LogP contribution is -2.43. The second kappa shape index (κ2) is 10.0. The minimum Gasteiger partial charge on any atom is -0.493 e. The average Bonchev–Trinajstić information content (AvgIpc) is 3.40. The second-order valence-electron chi connectivity index (χ2n) is 6.13. The van der Waals surface area contributed by atoms with E-state index < -0.39 is 11.8 Å². The van der Waals surface area contributed by atoms with E-state index in [0.29, 0.717) is 34.3 Å². The van der Waals surface area contributed by atoms with Gasteiger partial charge in [0.2, 0.25) is 0 Å². The first-order valence-corrected chi connectivity index (χ1v) is 10.4. The van der Waals surface area contributed by atoms with Crippen LogP contribution in [0.15, 0.2) is 35.7 Å². The molecule has 2 heterocycles. The second-order valence-corrected chi connectivity index (χ2v) is 7.47. The standard InChI is InChI=1S/C19H21N5O4S2/c1-3-8-28-13-7-6-12(10-14(13)27-2)18(26)22-20-16(25)11-24-17(21-23-19(24)29)15-5-4-9-30-15/h4-7,9-10H,3,8,11H2,1-2H3,(H,20,25)(H,22,26)(H,23,29). The summed E-state index contributed by atoms with van der Waals surface area (Å²) in [5.74, 6) is 0.610. The molecule has 3 rings (SSSR count). The Balaban J connectivity index is 1.62. The highest BCUT2D eigenvalue weighted by Crippen LogP contribution is 2.28. The first-order chi connectivity index (χ1) is 14.5. The van der Waals surface area contributed by atoms with Gasteiger partial charge < -0.3 is 9.47 Å². The van der Waals surface area contributed by atoms with E-state index >= 15 is 0 Å². The zero-order chi connectivity index (χ0) is 21.5. The molecule has 0 saturated carbocycles. The molecule has 0 radical (unpaired) electrons. The van der Waals surface area contributed by atoms with E-state index in [2.05, 4.69) is 21.0 Å². The van der Waals surface area contributed by atoms with Crippen LogP contribution in [0.3, 0.4) is 0 Å². The normalized spacial score (nSPS) is 10.5. The van der Waals surface area contributed by atoms with E-state index in [4.69, 9.17) is 21.7 Å². The number of amides is 2. The largest absolute Gasteiger partial charge is 0.493 e. The Morgan fingerprint density at radius 3 is 2.80 bits per heavy atom. The number of methoxy groups -OCH3 is 1. The van der Waals surface area contributed by atoms with Crippen molar-refractivity contribution in [1.82, 2.24) is 25.6 Å². The van der Waals surface area contributed by atoms with Crippen LogP contribution in [0.2, 0.25) is 0 Å². The summed E-state index contributed by atoms with van der Waals surface area (Å²) < 4.78 is 12.7. The highest BCUT2D eigenvalue weighted by Gasteiger charge is 2.15. The van der Waals surface area contributed by atoms with Crippen molar-refractivity contribution in [1.29, 1.82) is 0 Å². The number of ether oxygens (including phenoxy) is 2. The smallest absolute Gasteiger partial charge is 0.269 e. The predicted octanol–water partition coefficient (Wildman–Crippen LogP) is 2.93. The summed E-state index contributed by atoms with van der Waals surface area (Å²) in [6.07, 6.45) is 0.853. The summed E-state index contributed by atoms with van der Waals surface area (Å²) in [6, 6.07) is 8.56. The van der Waals surface area contributed by atoms with Crippen molar-refractivity contribution in [2.75, 3.05) is 13.7 Å². The summed E-state index contributed by atoms with van der Waals surface area (Å²) >= 11 is 6.69. The monoisotopic (exact) mass is 447 g/mol. The molecule has 0 saturated heterocycles. The number of hydrogen-bond donors (Lipinski definition) is 3. The number of H-pyrrole nitrogens is 1. The fraction of sp³-hybridized carbons (Fsp3) is 0.263. The Morgan fingerprint density at radius 2 is 2.10 bits per heavy atom. The van der Waals surface area contributed by atoms with Crippen LogP contribution in [-0.4, -0.2) is 40.3 Å². The van der Waals surface area contributed by atoms with Crippen molar-refractivity contribution >= 4 is 35.4 Å². The van der Waals surface area contributed by atoms with Crippen LogP contribution < -0.4 is 20.3 Å². The number of carbonyl (C=O) groups excluding carboxylic acids is 2. The molecule has 2 amide bonds. The van der Waals surface area contributed by atoms with Gasteiger partial charge in [-0.2, -0.15) is 5.10 Å². The number of thiophene rings is 1. The molecule has 11 heteroatoms. The molecule has 0 aliphatic carbocycles. The van der Waals surface area contributed by atoms with Gasteiger partial charge in [-0.25, -0.2) is 0 Å². The van der Waals surface area contributed by atoms with Gasteiger partial charge in [0, 0.05) is 5.56 Å². The lowest BCUT2D eigenvalue weighted by Gasteiger charge is -2.12. The summed E-state index contributed by atoms with van der Waals surface area (Å²) in [5.41, 5.74) is 5.09. The van der Waals surface area contributed by atoms with Crippen molar-refractivity contribution in [3.05, 3.63) is 46.0 Å². The molecule has 0 fully saturated rings. The van der Waals surface area contributed by atoms with E-state index in [9.17, 15) is 9.59 Å². The highest BCUT2D eigenvalue weighted by atomic mass is 32.1. The fourth-order valence-corrected chi connectivity index (χ4v) is 3.50. The first kappa shape index (κ1) is 21.5. The Hall–Kier alpha value is -3.18. The zero-order valence-electron chi connectivity index (χ0n) is 16.4. The number of benzene rings is 1. The van der Waals surface area contributed by atoms with Gasteiger partial charge in [-0.3, -0.25) is 30.1 Å². The number of hydrogen-bond acceptors (Lipinski definition) is 7. The van der Waals surface area contributed by atoms with Gasteiger partial charge >= 0.3 is 0 Å². The van der Waals surface area contributed by atoms with Crippen LogP contribution in [-0.2, 0) is 11.3 Å². The molecule has 158 valence electrons. The van der Waals surface area contributed by atoms with Crippen molar-refractivity contribution < 1.29 is 19.1 Å². The van der Waals surface area contributed by atoms with Gasteiger partial charge in [0.05, 0.1) is 18.6 Å². The molecule has 0 unspecified atom stereocenters. The lowest BCUT2D eigenvalue weighted by molar-refractivity contribution is -0.122. The maximum absolute atomic E-state index is 12.4. The minimum absolute atomic E-state index is 0.101. The van der Waals surface area contributed by atoms with Gasteiger partial charge in [0.15, 0.2) is 22.1 Å². The van der Waals surface area contributed by atoms with Crippen LogP contribution in [0.4, 0.5) is 0 Å². The quantitative estimate of drug-likeness (QED) is 0.362. The maximum atomic E-state index is 12.4. The number of nitrogens with one attached hydrogen (secondary N) is 3. The van der Waals surface area contributed by atoms with E-state index in [1.807, 2.05) is 24.4 Å². The first-order valence-electron chi connectivity index (χ1n) is 9.12. The molecule has 0 aliphatic heterocycles. The Morgan fingerprint density at radius 1 is 1.27 bits per heavy atom. The number of rotatable bonds is 8. The molecule has 0 aliphatic rings. The number of hydrazine groups is 1. The van der Waals surface area contributed by atoms with Gasteiger partial charge in [-0.05, 0) is 48.3 Å². The SMILES string of the molecule is CCCOc1ccc(C(=O)NNC(=O)Cn2c(-c3cccs3)n[nH]c2=S)cc1OC. The molecule has 0 spiro atoms. The summed E-state index contributed by atoms with van der Waals surface area (Å²) in [7, 11) is 1.50. The van der Waals surface area contributed by atoms with Crippen LogP contribution in [0, 0.1) is 4.77 Å². The third-order valence-corrected chi connectivity index (χ3v) is 5.18. The van der Waals surface area contributed by atoms with Crippen LogP contribution in [0.1, 0.15) is 23.7 Å². The fourth-order valence-electron chi connectivity index (χ4n) is 2.58. The molecular formula is C19H21N5O4S2. The number of aromatic nitrogens is 3. The van der Waals surface area contributed by atoms with Crippen LogP contribution in [0.5, 0.6) is 11.5 Å². The van der Waals surface area contributed by atoms with Crippen molar-refractivity contribution in [3.63, 3.8) is 0 Å². The summed E-state index contributed by atoms with van der Waals surface area (Å²) in [5, 5.41) is 8.76. The molecule has 2 aromatic heterocycles. The Kier molecular flexibility index (Phi) is 7.20. The Labute approximate surface area is 182 Å². The highest BCUT2D eigenvalue weighted by molar-refractivity contribution is 7.71. The van der Waals surface area contributed by atoms with E-state index in [1.165, 1.54) is 18.4 Å². The number of carbonyl (C=O) groups is 2. The topological polar surface area (TPSA) is 110 Å². The molecular weight excluding hydrogens is 426 g/mol. The zero-order valence-corrected chi connectivity index (χ0v) is 18.1. The molecule has 0 atom stereocenters. The number of aromatic amines is 1. The molecule has 0 bridgehead atoms. The van der Waals surface area contributed by atoms with Crippen LogP contribution >= 0.6 is 23.6 Å². The lowest BCUT2D eigenvalue weighted by atomic mass is 10.2. The van der Waals surface area contributed by atoms with Gasteiger partial charge in [-0.1, -0.05) is 13.0 Å². The predicted molar refractivity (Wildman–Crippen MR) is 115 cm³/mol.